The van der Waals surface area contributed by atoms with Crippen LogP contribution in [0.25, 0.3) is 0 Å². The van der Waals surface area contributed by atoms with Crippen LogP contribution >= 0.6 is 22.6 Å². The Morgan fingerprint density at radius 3 is 2.50 bits per heavy atom. The first-order chi connectivity index (χ1) is 8.48. The highest BCUT2D eigenvalue weighted by atomic mass is 127. The third kappa shape index (κ3) is 3.46. The van der Waals surface area contributed by atoms with Gasteiger partial charge in [-0.25, -0.2) is 0 Å². The van der Waals surface area contributed by atoms with Crippen molar-refractivity contribution in [3.8, 4) is 0 Å². The predicted molar refractivity (Wildman–Crippen MR) is 82.7 cm³/mol. The summed E-state index contributed by atoms with van der Waals surface area (Å²) in [4.78, 5) is 14.4. The van der Waals surface area contributed by atoms with Gasteiger partial charge < -0.3 is 4.90 Å². The average molecular weight is 357 g/mol. The van der Waals surface area contributed by atoms with E-state index in [2.05, 4.69) is 36.4 Å². The lowest BCUT2D eigenvalue weighted by Gasteiger charge is -2.23. The number of amides is 1. The van der Waals surface area contributed by atoms with Gasteiger partial charge in [-0.3, -0.25) is 4.79 Å². The summed E-state index contributed by atoms with van der Waals surface area (Å²) < 4.78 is 1.17. The Labute approximate surface area is 123 Å². The molecule has 1 fully saturated rings. The molecule has 0 radical (unpaired) electrons. The number of likely N-dealkylation sites (tertiary alicyclic amines) is 1. The predicted octanol–water partition coefficient (Wildman–Crippen LogP) is 3.94. The summed E-state index contributed by atoms with van der Waals surface area (Å²) in [5.74, 6) is 0.184. The summed E-state index contributed by atoms with van der Waals surface area (Å²) in [5, 5.41) is 0. The van der Waals surface area contributed by atoms with E-state index in [1.54, 1.807) is 0 Å². The molecule has 1 amide bonds. The SMILES string of the molecule is CC1(C)CCCN(C(=O)c2ccc(I)cc2)CC1. The van der Waals surface area contributed by atoms with Crippen LogP contribution in [0.1, 0.15) is 43.5 Å². The first kappa shape index (κ1) is 13.8. The number of benzene rings is 1. The monoisotopic (exact) mass is 357 g/mol. The van der Waals surface area contributed by atoms with Crippen LogP contribution in [0.5, 0.6) is 0 Å². The van der Waals surface area contributed by atoms with Gasteiger partial charge in [-0.1, -0.05) is 13.8 Å². The molecule has 0 bridgehead atoms. The number of carbonyl (C=O) groups is 1. The van der Waals surface area contributed by atoms with Crippen LogP contribution in [0, 0.1) is 8.99 Å². The number of halogens is 1. The molecule has 0 spiro atoms. The second-order valence-corrected chi connectivity index (χ2v) is 7.06. The number of nitrogens with zero attached hydrogens (tertiary/aromatic N) is 1. The molecule has 1 saturated heterocycles. The summed E-state index contributed by atoms with van der Waals surface area (Å²) in [6.07, 6.45) is 3.43. The largest absolute Gasteiger partial charge is 0.339 e. The van der Waals surface area contributed by atoms with Crippen LogP contribution in [0.4, 0.5) is 0 Å². The van der Waals surface area contributed by atoms with E-state index in [4.69, 9.17) is 0 Å². The van der Waals surface area contributed by atoms with Crippen molar-refractivity contribution in [1.82, 2.24) is 4.90 Å². The fourth-order valence-corrected chi connectivity index (χ4v) is 2.76. The van der Waals surface area contributed by atoms with Crippen molar-refractivity contribution in [2.24, 2.45) is 5.41 Å². The molecule has 1 aromatic carbocycles. The average Bonchev–Trinajstić information content (AvgIpc) is 2.50. The summed E-state index contributed by atoms with van der Waals surface area (Å²) in [6, 6.07) is 7.85. The number of rotatable bonds is 1. The number of hydrogen-bond donors (Lipinski definition) is 0. The molecule has 1 aromatic rings. The molecule has 2 nitrogen and oxygen atoms in total. The van der Waals surface area contributed by atoms with Gasteiger partial charge in [0.15, 0.2) is 0 Å². The van der Waals surface area contributed by atoms with Gasteiger partial charge in [0.1, 0.15) is 0 Å². The lowest BCUT2D eigenvalue weighted by molar-refractivity contribution is 0.0757. The fourth-order valence-electron chi connectivity index (χ4n) is 2.40. The minimum atomic E-state index is 0.184. The van der Waals surface area contributed by atoms with Crippen LogP contribution < -0.4 is 0 Å². The van der Waals surface area contributed by atoms with Gasteiger partial charge in [-0.2, -0.15) is 0 Å². The van der Waals surface area contributed by atoms with Gasteiger partial charge in [0.2, 0.25) is 0 Å². The molecule has 0 aromatic heterocycles. The van der Waals surface area contributed by atoms with Crippen LogP contribution in [0.2, 0.25) is 0 Å². The second-order valence-electron chi connectivity index (χ2n) is 5.82. The molecule has 0 aliphatic carbocycles. The van der Waals surface area contributed by atoms with E-state index in [9.17, 15) is 4.79 Å². The summed E-state index contributed by atoms with van der Waals surface area (Å²) in [5.41, 5.74) is 1.19. The first-order valence-corrected chi connectivity index (χ1v) is 7.61. The van der Waals surface area contributed by atoms with Gasteiger partial charge in [0.05, 0.1) is 0 Å². The number of carbonyl (C=O) groups excluding carboxylic acids is 1. The maximum absolute atomic E-state index is 12.4. The van der Waals surface area contributed by atoms with E-state index in [1.807, 2.05) is 29.2 Å². The highest BCUT2D eigenvalue weighted by Gasteiger charge is 2.25. The zero-order valence-corrected chi connectivity index (χ0v) is 13.2. The lowest BCUT2D eigenvalue weighted by Crippen LogP contribution is -2.32. The van der Waals surface area contributed by atoms with Gasteiger partial charge in [-0.05, 0) is 71.5 Å². The zero-order chi connectivity index (χ0) is 13.2. The molecule has 1 aliphatic rings. The molecule has 2 rings (SSSR count). The van der Waals surface area contributed by atoms with Gasteiger partial charge in [0.25, 0.3) is 5.91 Å². The van der Waals surface area contributed by atoms with Gasteiger partial charge >= 0.3 is 0 Å². The minimum absolute atomic E-state index is 0.184. The van der Waals surface area contributed by atoms with Crippen molar-refractivity contribution in [2.45, 2.75) is 33.1 Å². The molecule has 98 valence electrons. The molecule has 1 aliphatic heterocycles. The normalized spacial score (nSPS) is 19.4. The van der Waals surface area contributed by atoms with Crippen LogP contribution in [0.15, 0.2) is 24.3 Å². The number of hydrogen-bond acceptors (Lipinski definition) is 1. The van der Waals surface area contributed by atoms with Gasteiger partial charge in [0, 0.05) is 22.2 Å². The third-order valence-corrected chi connectivity index (χ3v) is 4.44. The Morgan fingerprint density at radius 1 is 1.17 bits per heavy atom. The topological polar surface area (TPSA) is 20.3 Å². The van der Waals surface area contributed by atoms with Crippen LogP contribution in [-0.2, 0) is 0 Å². The molecule has 1 heterocycles. The molecule has 0 atom stereocenters. The maximum Gasteiger partial charge on any atom is 0.253 e. The highest BCUT2D eigenvalue weighted by molar-refractivity contribution is 14.1. The molecule has 18 heavy (non-hydrogen) atoms. The molecular weight excluding hydrogens is 337 g/mol. The van der Waals surface area contributed by atoms with Gasteiger partial charge in [-0.15, -0.1) is 0 Å². The van der Waals surface area contributed by atoms with Crippen molar-refractivity contribution in [1.29, 1.82) is 0 Å². The second kappa shape index (κ2) is 5.59. The van der Waals surface area contributed by atoms with E-state index in [0.29, 0.717) is 5.41 Å². The van der Waals surface area contributed by atoms with E-state index < -0.39 is 0 Å². The standard InChI is InChI=1S/C15H20INO/c1-15(2)8-3-10-17(11-9-15)14(18)12-4-6-13(16)7-5-12/h4-7H,3,8-11H2,1-2H3. The maximum atomic E-state index is 12.4. The first-order valence-electron chi connectivity index (χ1n) is 6.53. The minimum Gasteiger partial charge on any atom is -0.339 e. The molecule has 0 N–H and O–H groups in total. The highest BCUT2D eigenvalue weighted by Crippen LogP contribution is 2.30. The quantitative estimate of drug-likeness (QED) is 0.697. The van der Waals surface area contributed by atoms with Crippen molar-refractivity contribution in [3.05, 3.63) is 33.4 Å². The van der Waals surface area contributed by atoms with Crippen LogP contribution in [-0.4, -0.2) is 23.9 Å². The Kier molecular flexibility index (Phi) is 4.30. The Morgan fingerprint density at radius 2 is 1.83 bits per heavy atom. The van der Waals surface area contributed by atoms with Crippen LogP contribution in [0.3, 0.4) is 0 Å². The molecule has 0 saturated carbocycles. The lowest BCUT2D eigenvalue weighted by atomic mass is 9.85. The summed E-state index contributed by atoms with van der Waals surface area (Å²) in [6.45, 7) is 6.38. The van der Waals surface area contributed by atoms with Crippen molar-refractivity contribution in [2.75, 3.05) is 13.1 Å². The van der Waals surface area contributed by atoms with E-state index in [-0.39, 0.29) is 5.91 Å². The smallest absolute Gasteiger partial charge is 0.253 e. The summed E-state index contributed by atoms with van der Waals surface area (Å²) in [7, 11) is 0. The Bertz CT molecular complexity index is 425. The zero-order valence-electron chi connectivity index (χ0n) is 11.1. The Balaban J connectivity index is 2.07. The third-order valence-electron chi connectivity index (χ3n) is 3.72. The van der Waals surface area contributed by atoms with Crippen molar-refractivity contribution in [3.63, 3.8) is 0 Å². The van der Waals surface area contributed by atoms with E-state index >= 15 is 0 Å². The summed E-state index contributed by atoms with van der Waals surface area (Å²) >= 11 is 2.26. The fraction of sp³-hybridized carbons (Fsp3) is 0.533. The molecular formula is C15H20INO. The molecule has 3 heteroatoms. The molecule has 0 unspecified atom stereocenters. The van der Waals surface area contributed by atoms with E-state index in [0.717, 1.165) is 31.5 Å². The van der Waals surface area contributed by atoms with Crippen molar-refractivity contribution >= 4 is 28.5 Å². The van der Waals surface area contributed by atoms with Crippen molar-refractivity contribution < 1.29 is 4.79 Å². The van der Waals surface area contributed by atoms with E-state index in [1.165, 1.54) is 9.99 Å². The Hall–Kier alpha value is -0.580.